The quantitative estimate of drug-likeness (QED) is 0.493. The number of hydrogen-bond acceptors (Lipinski definition) is 2. The van der Waals surface area contributed by atoms with Gasteiger partial charge in [-0.15, -0.1) is 0 Å². The molecule has 0 bridgehead atoms. The average molecular weight is 308 g/mol. The highest BCUT2D eigenvalue weighted by Crippen LogP contribution is 2.23. The molecule has 1 fully saturated rings. The molecule has 2 rings (SSSR count). The second kappa shape index (κ2) is 5.66. The maximum absolute atomic E-state index is 13.4. The van der Waals surface area contributed by atoms with Gasteiger partial charge in [-0.1, -0.05) is 0 Å². The molecule has 1 aliphatic rings. The van der Waals surface area contributed by atoms with E-state index in [-0.39, 0.29) is 25.3 Å². The van der Waals surface area contributed by atoms with Crippen LogP contribution >= 0.6 is 0 Å². The SMILES string of the molecule is O=C1CCC(NC(=O)c2c(F)c(F)c(F)c(F)c2F)CN1. The Morgan fingerprint density at radius 2 is 1.52 bits per heavy atom. The Morgan fingerprint density at radius 3 is 2.00 bits per heavy atom. The molecule has 0 saturated carbocycles. The Bertz CT molecular complexity index is 581. The Balaban J connectivity index is 2.26. The molecule has 1 unspecified atom stereocenters. The Hall–Kier alpha value is -2.19. The summed E-state index contributed by atoms with van der Waals surface area (Å²) in [4.78, 5) is 22.6. The second-order valence-electron chi connectivity index (χ2n) is 4.46. The van der Waals surface area contributed by atoms with Crippen molar-refractivity contribution in [1.82, 2.24) is 10.6 Å². The first-order chi connectivity index (χ1) is 9.82. The van der Waals surface area contributed by atoms with E-state index < -0.39 is 46.6 Å². The highest BCUT2D eigenvalue weighted by atomic mass is 19.2. The van der Waals surface area contributed by atoms with Gasteiger partial charge in [0.2, 0.25) is 11.7 Å². The van der Waals surface area contributed by atoms with Gasteiger partial charge in [-0.05, 0) is 6.42 Å². The monoisotopic (exact) mass is 308 g/mol. The maximum atomic E-state index is 13.4. The van der Waals surface area contributed by atoms with Crippen molar-refractivity contribution in [3.05, 3.63) is 34.6 Å². The molecule has 1 atom stereocenters. The Labute approximate surface area is 115 Å². The third-order valence-electron chi connectivity index (χ3n) is 3.04. The van der Waals surface area contributed by atoms with Gasteiger partial charge in [-0.3, -0.25) is 9.59 Å². The van der Waals surface area contributed by atoms with E-state index in [0.29, 0.717) is 0 Å². The fraction of sp³-hybridized carbons (Fsp3) is 0.333. The molecule has 114 valence electrons. The molecule has 2 amide bonds. The Kier molecular flexibility index (Phi) is 4.10. The first kappa shape index (κ1) is 15.2. The molecule has 1 aromatic rings. The van der Waals surface area contributed by atoms with Crippen LogP contribution in [0.15, 0.2) is 0 Å². The van der Waals surface area contributed by atoms with Crippen LogP contribution in [-0.4, -0.2) is 24.4 Å². The van der Waals surface area contributed by atoms with Gasteiger partial charge in [0.1, 0.15) is 5.56 Å². The summed E-state index contributed by atoms with van der Waals surface area (Å²) in [5, 5.41) is 4.52. The van der Waals surface area contributed by atoms with Crippen LogP contribution in [0.25, 0.3) is 0 Å². The smallest absolute Gasteiger partial charge is 0.257 e. The minimum absolute atomic E-state index is 0.0139. The van der Waals surface area contributed by atoms with E-state index in [9.17, 15) is 31.5 Å². The normalized spacial score (nSPS) is 18.3. The van der Waals surface area contributed by atoms with Crippen LogP contribution in [0.1, 0.15) is 23.2 Å². The number of carbonyl (C=O) groups excluding carboxylic acids is 2. The lowest BCUT2D eigenvalue weighted by atomic mass is 10.1. The maximum Gasteiger partial charge on any atom is 0.257 e. The number of nitrogens with one attached hydrogen (secondary N) is 2. The van der Waals surface area contributed by atoms with E-state index in [4.69, 9.17) is 0 Å². The van der Waals surface area contributed by atoms with Gasteiger partial charge in [-0.25, -0.2) is 22.0 Å². The lowest BCUT2D eigenvalue weighted by Crippen LogP contribution is -2.48. The van der Waals surface area contributed by atoms with Crippen molar-refractivity contribution in [2.24, 2.45) is 0 Å². The summed E-state index contributed by atoms with van der Waals surface area (Å²) < 4.78 is 65.7. The van der Waals surface area contributed by atoms with Crippen molar-refractivity contribution in [3.8, 4) is 0 Å². The van der Waals surface area contributed by atoms with Crippen LogP contribution in [0.5, 0.6) is 0 Å². The Morgan fingerprint density at radius 1 is 1.00 bits per heavy atom. The molecule has 9 heteroatoms. The van der Waals surface area contributed by atoms with E-state index in [2.05, 4.69) is 10.6 Å². The lowest BCUT2D eigenvalue weighted by Gasteiger charge is -2.23. The number of halogens is 5. The van der Waals surface area contributed by atoms with Crippen LogP contribution in [0.3, 0.4) is 0 Å². The number of piperidine rings is 1. The second-order valence-corrected chi connectivity index (χ2v) is 4.46. The summed E-state index contributed by atoms with van der Waals surface area (Å²) in [6, 6.07) is -0.648. The molecule has 1 heterocycles. The summed E-state index contributed by atoms with van der Waals surface area (Å²) >= 11 is 0. The predicted octanol–water partition coefficient (Wildman–Crippen LogP) is 1.39. The molecular formula is C12H9F5N2O2. The average Bonchev–Trinajstić information content (AvgIpc) is 2.46. The summed E-state index contributed by atoms with van der Waals surface area (Å²) in [6.45, 7) is 0.0139. The van der Waals surface area contributed by atoms with E-state index in [0.717, 1.165) is 0 Å². The minimum atomic E-state index is -2.33. The van der Waals surface area contributed by atoms with Crippen LogP contribution in [0.2, 0.25) is 0 Å². The van der Waals surface area contributed by atoms with E-state index in [1.54, 1.807) is 0 Å². The summed E-state index contributed by atoms with van der Waals surface area (Å²) in [7, 11) is 0. The first-order valence-corrected chi connectivity index (χ1v) is 5.92. The molecule has 0 aliphatic carbocycles. The summed E-state index contributed by atoms with van der Waals surface area (Å²) in [6.07, 6.45) is 0.287. The molecule has 1 aliphatic heterocycles. The minimum Gasteiger partial charge on any atom is -0.354 e. The third-order valence-corrected chi connectivity index (χ3v) is 3.04. The van der Waals surface area contributed by atoms with Crippen molar-refractivity contribution in [1.29, 1.82) is 0 Å². The van der Waals surface area contributed by atoms with Crippen molar-refractivity contribution in [3.63, 3.8) is 0 Å². The number of amides is 2. The van der Waals surface area contributed by atoms with Crippen molar-refractivity contribution >= 4 is 11.8 Å². The third kappa shape index (κ3) is 2.81. The van der Waals surface area contributed by atoms with Crippen LogP contribution < -0.4 is 10.6 Å². The fourth-order valence-corrected chi connectivity index (χ4v) is 1.92. The molecule has 21 heavy (non-hydrogen) atoms. The van der Waals surface area contributed by atoms with Crippen LogP contribution in [0.4, 0.5) is 22.0 Å². The summed E-state index contributed by atoms with van der Waals surface area (Å²) in [5.41, 5.74) is -1.54. The van der Waals surface area contributed by atoms with Crippen molar-refractivity contribution in [2.75, 3.05) is 6.54 Å². The zero-order chi connectivity index (χ0) is 15.7. The summed E-state index contributed by atoms with van der Waals surface area (Å²) in [5.74, 6) is -12.8. The molecule has 0 aromatic heterocycles. The van der Waals surface area contributed by atoms with E-state index >= 15 is 0 Å². The number of rotatable bonds is 2. The standard InChI is InChI=1S/C12H9F5N2O2/c13-7-6(8(14)10(16)11(17)9(7)15)12(21)19-4-1-2-5(20)18-3-4/h4H,1-3H2,(H,18,20)(H,19,21). The van der Waals surface area contributed by atoms with Gasteiger partial charge in [0.15, 0.2) is 23.3 Å². The van der Waals surface area contributed by atoms with Crippen molar-refractivity contribution < 1.29 is 31.5 Å². The predicted molar refractivity (Wildman–Crippen MR) is 59.7 cm³/mol. The van der Waals surface area contributed by atoms with Crippen LogP contribution in [-0.2, 0) is 4.79 Å². The molecule has 1 saturated heterocycles. The zero-order valence-corrected chi connectivity index (χ0v) is 10.4. The number of benzene rings is 1. The highest BCUT2D eigenvalue weighted by molar-refractivity contribution is 5.95. The van der Waals surface area contributed by atoms with E-state index in [1.165, 1.54) is 0 Å². The largest absolute Gasteiger partial charge is 0.354 e. The molecular weight excluding hydrogens is 299 g/mol. The van der Waals surface area contributed by atoms with Gasteiger partial charge in [0.25, 0.3) is 5.91 Å². The first-order valence-electron chi connectivity index (χ1n) is 5.92. The molecule has 4 nitrogen and oxygen atoms in total. The van der Waals surface area contributed by atoms with Gasteiger partial charge >= 0.3 is 0 Å². The molecule has 0 radical (unpaired) electrons. The van der Waals surface area contributed by atoms with Crippen LogP contribution in [0, 0.1) is 29.1 Å². The van der Waals surface area contributed by atoms with Gasteiger partial charge in [0, 0.05) is 19.0 Å². The topological polar surface area (TPSA) is 58.2 Å². The molecule has 1 aromatic carbocycles. The number of hydrogen-bond donors (Lipinski definition) is 2. The van der Waals surface area contributed by atoms with E-state index in [1.807, 2.05) is 0 Å². The molecule has 2 N–H and O–H groups in total. The van der Waals surface area contributed by atoms with Gasteiger partial charge < -0.3 is 10.6 Å². The van der Waals surface area contributed by atoms with Gasteiger partial charge in [0.05, 0.1) is 0 Å². The fourth-order valence-electron chi connectivity index (χ4n) is 1.92. The number of carbonyl (C=O) groups is 2. The molecule has 0 spiro atoms. The highest BCUT2D eigenvalue weighted by Gasteiger charge is 2.31. The zero-order valence-electron chi connectivity index (χ0n) is 10.4. The van der Waals surface area contributed by atoms with Gasteiger partial charge in [-0.2, -0.15) is 0 Å². The van der Waals surface area contributed by atoms with Crippen molar-refractivity contribution in [2.45, 2.75) is 18.9 Å². The lowest BCUT2D eigenvalue weighted by molar-refractivity contribution is -0.122.